The topological polar surface area (TPSA) is 137 Å². The first kappa shape index (κ1) is 31.3. The molecule has 1 heterocycles. The molecule has 0 aliphatic carbocycles. The van der Waals surface area contributed by atoms with Crippen molar-refractivity contribution in [3.05, 3.63) is 47.5 Å². The number of methoxy groups -OCH3 is 1. The van der Waals surface area contributed by atoms with Crippen LogP contribution in [0.25, 0.3) is 0 Å². The van der Waals surface area contributed by atoms with E-state index in [9.17, 15) is 9.59 Å². The average molecular weight is 565 g/mol. The van der Waals surface area contributed by atoms with Gasteiger partial charge in [-0.3, -0.25) is 9.59 Å². The molecule has 1 aliphatic heterocycles. The van der Waals surface area contributed by atoms with Crippen LogP contribution in [0, 0.1) is 0 Å². The molecule has 1 N–H and O–H groups in total. The molecule has 220 valence electrons. The van der Waals surface area contributed by atoms with E-state index in [4.69, 9.17) is 47.7 Å². The normalized spacial score (nSPS) is 11.9. The van der Waals surface area contributed by atoms with Gasteiger partial charge < -0.3 is 47.7 Å². The highest BCUT2D eigenvalue weighted by molar-refractivity contribution is 6.49. The molecule has 12 heteroatoms. The summed E-state index contributed by atoms with van der Waals surface area (Å²) < 4.78 is 48.5. The Morgan fingerprint density at radius 3 is 1.77 bits per heavy atom. The van der Waals surface area contributed by atoms with Gasteiger partial charge in [0.05, 0.1) is 79.8 Å². The number of carbonyl (C=O) groups excluding carboxylic acids is 2. The molecule has 0 radical (unpaired) electrons. The van der Waals surface area contributed by atoms with E-state index in [1.54, 1.807) is 12.1 Å². The molecule has 0 aromatic heterocycles. The van der Waals surface area contributed by atoms with E-state index in [1.807, 2.05) is 0 Å². The van der Waals surface area contributed by atoms with Crippen molar-refractivity contribution in [3.8, 4) is 23.0 Å². The summed E-state index contributed by atoms with van der Waals surface area (Å²) in [5.74, 6) is 0.230. The molecule has 0 bridgehead atoms. The Bertz CT molecular complexity index is 1040. The van der Waals surface area contributed by atoms with Crippen LogP contribution < -0.4 is 18.9 Å². The summed E-state index contributed by atoms with van der Waals surface area (Å²) in [5.41, 5.74) is 0.383. The minimum Gasteiger partial charge on any atom is -0.497 e. The lowest BCUT2D eigenvalue weighted by Gasteiger charge is -2.11. The van der Waals surface area contributed by atoms with Gasteiger partial charge in [-0.05, 0) is 36.4 Å². The van der Waals surface area contributed by atoms with Crippen LogP contribution >= 0.6 is 0 Å². The number of carbonyl (C=O) groups is 2. The van der Waals surface area contributed by atoms with E-state index >= 15 is 0 Å². The number of fused-ring (bicyclic) bond motifs is 1. The summed E-state index contributed by atoms with van der Waals surface area (Å²) in [7, 11) is 1.52. The van der Waals surface area contributed by atoms with E-state index in [2.05, 4.69) is 0 Å². The van der Waals surface area contributed by atoms with Crippen molar-refractivity contribution in [1.82, 2.24) is 0 Å². The molecule has 0 fully saturated rings. The Balaban J connectivity index is 1.30. The van der Waals surface area contributed by atoms with Gasteiger partial charge in [0, 0.05) is 11.1 Å². The predicted molar refractivity (Wildman–Crippen MR) is 141 cm³/mol. The maximum absolute atomic E-state index is 12.9. The van der Waals surface area contributed by atoms with Crippen LogP contribution in [0.5, 0.6) is 23.0 Å². The summed E-state index contributed by atoms with van der Waals surface area (Å²) in [6.45, 7) is 4.21. The molecule has 40 heavy (non-hydrogen) atoms. The molecular formula is C28H36O12. The van der Waals surface area contributed by atoms with Crippen LogP contribution in [0.15, 0.2) is 36.4 Å². The lowest BCUT2D eigenvalue weighted by Crippen LogP contribution is -2.15. The number of rotatable bonds is 22. The van der Waals surface area contributed by atoms with Gasteiger partial charge in [-0.2, -0.15) is 0 Å². The third-order valence-electron chi connectivity index (χ3n) is 5.47. The number of Topliss-reactive ketones (excluding diaryl/α,β-unsaturated/α-hetero) is 2. The number of hydrogen-bond donors (Lipinski definition) is 1. The predicted octanol–water partition coefficient (Wildman–Crippen LogP) is 1.94. The molecule has 2 aromatic carbocycles. The minimum atomic E-state index is -0.693. The minimum absolute atomic E-state index is 0.00365. The molecule has 1 aliphatic rings. The summed E-state index contributed by atoms with van der Waals surface area (Å²) in [6, 6.07) is 9.25. The van der Waals surface area contributed by atoms with Gasteiger partial charge in [-0.1, -0.05) is 0 Å². The Hall–Kier alpha value is -3.26. The van der Waals surface area contributed by atoms with E-state index in [0.717, 1.165) is 0 Å². The summed E-state index contributed by atoms with van der Waals surface area (Å²) >= 11 is 0. The Morgan fingerprint density at radius 1 is 0.700 bits per heavy atom. The van der Waals surface area contributed by atoms with Crippen molar-refractivity contribution in [3.63, 3.8) is 0 Å². The lowest BCUT2D eigenvalue weighted by molar-refractivity contribution is -0.0147. The molecule has 12 nitrogen and oxygen atoms in total. The standard InChI is InChI=1S/C28H36O12/c1-32-23-4-2-21(3-5-23)26(30)27(31)22-18-24(28-25(19-22)39-20-40-28)38-17-16-37-15-14-36-13-12-35-11-10-34-9-8-33-7-6-29/h2-5,18-19,29H,6-17,20H2,1H3. The van der Waals surface area contributed by atoms with Crippen LogP contribution in [0.1, 0.15) is 20.7 Å². The Labute approximate surface area is 232 Å². The van der Waals surface area contributed by atoms with Crippen LogP contribution in [0.3, 0.4) is 0 Å². The Kier molecular flexibility index (Phi) is 14.2. The fourth-order valence-corrected chi connectivity index (χ4v) is 3.48. The lowest BCUT2D eigenvalue weighted by atomic mass is 10.0. The highest BCUT2D eigenvalue weighted by Gasteiger charge is 2.26. The average Bonchev–Trinajstić information content (AvgIpc) is 3.47. The monoisotopic (exact) mass is 564 g/mol. The quantitative estimate of drug-likeness (QED) is 0.127. The van der Waals surface area contributed by atoms with Gasteiger partial charge in [0.15, 0.2) is 11.5 Å². The van der Waals surface area contributed by atoms with Gasteiger partial charge in [0.2, 0.25) is 24.1 Å². The van der Waals surface area contributed by atoms with Crippen molar-refractivity contribution in [2.45, 2.75) is 0 Å². The zero-order chi connectivity index (χ0) is 28.4. The number of hydrogen-bond acceptors (Lipinski definition) is 12. The first-order chi connectivity index (χ1) is 19.6. The molecule has 0 saturated heterocycles. The van der Waals surface area contributed by atoms with Crippen molar-refractivity contribution < 1.29 is 57.3 Å². The SMILES string of the molecule is COc1ccc(C(=O)C(=O)c2cc(OCCOCCOCCOCCOCCOCCO)c3c(c2)OCO3)cc1. The number of ketones is 2. The summed E-state index contributed by atoms with van der Waals surface area (Å²) in [4.78, 5) is 25.6. The Morgan fingerprint density at radius 2 is 1.23 bits per heavy atom. The first-order valence-electron chi connectivity index (χ1n) is 12.9. The number of benzene rings is 2. The summed E-state index contributed by atoms with van der Waals surface area (Å²) in [5, 5.41) is 8.59. The van der Waals surface area contributed by atoms with E-state index in [0.29, 0.717) is 82.5 Å². The highest BCUT2D eigenvalue weighted by atomic mass is 16.7. The number of aliphatic hydroxyl groups excluding tert-OH is 1. The molecule has 0 amide bonds. The number of ether oxygens (including phenoxy) is 9. The van der Waals surface area contributed by atoms with E-state index in [1.165, 1.54) is 31.4 Å². The zero-order valence-corrected chi connectivity index (χ0v) is 22.6. The van der Waals surface area contributed by atoms with Crippen LogP contribution in [0.2, 0.25) is 0 Å². The molecule has 3 rings (SSSR count). The van der Waals surface area contributed by atoms with Crippen LogP contribution in [-0.2, 0) is 23.7 Å². The molecule has 0 spiro atoms. The molecular weight excluding hydrogens is 528 g/mol. The third kappa shape index (κ3) is 10.4. The zero-order valence-electron chi connectivity index (χ0n) is 22.6. The highest BCUT2D eigenvalue weighted by Crippen LogP contribution is 2.42. The largest absolute Gasteiger partial charge is 0.497 e. The van der Waals surface area contributed by atoms with E-state index in [-0.39, 0.29) is 37.7 Å². The van der Waals surface area contributed by atoms with Crippen molar-refractivity contribution in [2.75, 3.05) is 93.2 Å². The maximum Gasteiger partial charge on any atom is 0.233 e. The smallest absolute Gasteiger partial charge is 0.233 e. The van der Waals surface area contributed by atoms with Crippen LogP contribution in [-0.4, -0.2) is 110 Å². The van der Waals surface area contributed by atoms with Gasteiger partial charge >= 0.3 is 0 Å². The van der Waals surface area contributed by atoms with Crippen molar-refractivity contribution in [1.29, 1.82) is 0 Å². The fourth-order valence-electron chi connectivity index (χ4n) is 3.48. The van der Waals surface area contributed by atoms with Gasteiger partial charge in [-0.15, -0.1) is 0 Å². The second kappa shape index (κ2) is 18.2. The van der Waals surface area contributed by atoms with Crippen molar-refractivity contribution >= 4 is 11.6 Å². The van der Waals surface area contributed by atoms with Gasteiger partial charge in [-0.25, -0.2) is 0 Å². The molecule has 0 unspecified atom stereocenters. The third-order valence-corrected chi connectivity index (χ3v) is 5.47. The van der Waals surface area contributed by atoms with Gasteiger partial charge in [0.1, 0.15) is 12.4 Å². The fraction of sp³-hybridized carbons (Fsp3) is 0.500. The second-order valence-corrected chi connectivity index (χ2v) is 8.23. The van der Waals surface area contributed by atoms with Crippen LogP contribution in [0.4, 0.5) is 0 Å². The second-order valence-electron chi connectivity index (χ2n) is 8.23. The van der Waals surface area contributed by atoms with Gasteiger partial charge in [0.25, 0.3) is 0 Å². The molecule has 2 aromatic rings. The summed E-state index contributed by atoms with van der Waals surface area (Å²) in [6.07, 6.45) is 0. The van der Waals surface area contributed by atoms with Crippen molar-refractivity contribution in [2.24, 2.45) is 0 Å². The molecule has 0 atom stereocenters. The number of aliphatic hydroxyl groups is 1. The van der Waals surface area contributed by atoms with E-state index < -0.39 is 11.6 Å². The maximum atomic E-state index is 12.9. The first-order valence-corrected chi connectivity index (χ1v) is 12.9. The molecule has 0 saturated carbocycles.